The van der Waals surface area contributed by atoms with E-state index in [-0.39, 0.29) is 32.1 Å². The smallest absolute Gasteiger partial charge is 0.313 e. The third-order valence-electron chi connectivity index (χ3n) is 10.3. The number of fused-ring (bicyclic) bond motifs is 1. The highest BCUT2D eigenvalue weighted by Gasteiger charge is 2.75. The number of esters is 1. The van der Waals surface area contributed by atoms with E-state index in [2.05, 4.69) is 18.5 Å². The number of rotatable bonds is 18. The zero-order chi connectivity index (χ0) is 36.7. The molecule has 3 fully saturated rings. The Kier molecular flexibility index (Phi) is 12.3. The SMILES string of the molecule is C=CCCC(=O)N[C@H](COC)[C@H](OC(=O)[C@@H]1[C@@H]2CC[C@]3(O2)[C@H](C(=O)N(CC=C)c2ccc(OC)cc2)N([C@@H](CC)CO)C(=O)[C@@H]13)c1ccccc1. The number of carbonyl (C=O) groups is 4. The van der Waals surface area contributed by atoms with Crippen LogP contribution in [0.3, 0.4) is 0 Å². The molecule has 8 atom stereocenters. The lowest BCUT2D eigenvalue weighted by Gasteiger charge is -2.39. The summed E-state index contributed by atoms with van der Waals surface area (Å²) in [6.45, 7) is 9.20. The molecule has 0 aliphatic carbocycles. The number of ether oxygens (including phenoxy) is 4. The van der Waals surface area contributed by atoms with E-state index in [1.807, 2.05) is 13.0 Å². The number of anilines is 1. The summed E-state index contributed by atoms with van der Waals surface area (Å²) in [4.78, 5) is 59.7. The first kappa shape index (κ1) is 37.7. The molecule has 2 N–H and O–H groups in total. The van der Waals surface area contributed by atoms with Crippen molar-refractivity contribution in [3.8, 4) is 5.75 Å². The summed E-state index contributed by atoms with van der Waals surface area (Å²) in [6, 6.07) is 13.5. The van der Waals surface area contributed by atoms with Gasteiger partial charge in [0.05, 0.1) is 50.3 Å². The van der Waals surface area contributed by atoms with Crippen LogP contribution < -0.4 is 15.0 Å². The van der Waals surface area contributed by atoms with Crippen LogP contribution in [0.25, 0.3) is 0 Å². The second kappa shape index (κ2) is 16.7. The molecular formula is C39H49N3O9. The summed E-state index contributed by atoms with van der Waals surface area (Å²) in [5.41, 5.74) is -0.128. The number of hydrogen-bond acceptors (Lipinski definition) is 9. The fourth-order valence-electron chi connectivity index (χ4n) is 7.93. The Hall–Kier alpha value is -4.52. The van der Waals surface area contributed by atoms with Crippen molar-refractivity contribution in [3.63, 3.8) is 0 Å². The molecule has 3 aliphatic heterocycles. The predicted octanol–water partition coefficient (Wildman–Crippen LogP) is 3.74. The van der Waals surface area contributed by atoms with Gasteiger partial charge in [0.2, 0.25) is 11.8 Å². The summed E-state index contributed by atoms with van der Waals surface area (Å²) in [5, 5.41) is 13.4. The average Bonchev–Trinajstić information content (AvgIpc) is 3.80. The number of aliphatic hydroxyl groups is 1. The first-order valence-electron chi connectivity index (χ1n) is 17.5. The van der Waals surface area contributed by atoms with E-state index >= 15 is 0 Å². The molecule has 3 aliphatic rings. The number of benzene rings is 2. The van der Waals surface area contributed by atoms with Crippen LogP contribution in [0.2, 0.25) is 0 Å². The molecular weight excluding hydrogens is 654 g/mol. The van der Waals surface area contributed by atoms with E-state index < -0.39 is 65.6 Å². The van der Waals surface area contributed by atoms with Gasteiger partial charge >= 0.3 is 5.97 Å². The van der Waals surface area contributed by atoms with Gasteiger partial charge < -0.3 is 39.2 Å². The van der Waals surface area contributed by atoms with Crippen LogP contribution >= 0.6 is 0 Å². The van der Waals surface area contributed by atoms with E-state index in [0.29, 0.717) is 42.7 Å². The Bertz CT molecular complexity index is 1560. The van der Waals surface area contributed by atoms with Crippen LogP contribution in [0.1, 0.15) is 50.7 Å². The highest BCUT2D eigenvalue weighted by atomic mass is 16.6. The van der Waals surface area contributed by atoms with E-state index in [1.165, 1.54) is 16.9 Å². The van der Waals surface area contributed by atoms with Crippen molar-refractivity contribution in [2.45, 2.75) is 75.0 Å². The Morgan fingerprint density at radius 2 is 1.84 bits per heavy atom. The molecule has 5 rings (SSSR count). The van der Waals surface area contributed by atoms with Gasteiger partial charge in [0.25, 0.3) is 5.91 Å². The average molecular weight is 704 g/mol. The number of allylic oxidation sites excluding steroid dienone is 1. The zero-order valence-electron chi connectivity index (χ0n) is 29.6. The van der Waals surface area contributed by atoms with Crippen molar-refractivity contribution < 1.29 is 43.2 Å². The number of likely N-dealkylation sites (tertiary alicyclic amines) is 1. The number of nitrogens with one attached hydrogen (secondary N) is 1. The number of nitrogens with zero attached hydrogens (tertiary/aromatic N) is 2. The molecule has 1 spiro atoms. The number of aliphatic hydroxyl groups excluding tert-OH is 1. The molecule has 2 aromatic rings. The summed E-state index contributed by atoms with van der Waals surface area (Å²) in [7, 11) is 3.05. The van der Waals surface area contributed by atoms with E-state index in [4.69, 9.17) is 18.9 Å². The van der Waals surface area contributed by atoms with Crippen molar-refractivity contribution in [2.75, 3.05) is 38.9 Å². The molecule has 0 saturated carbocycles. The molecule has 274 valence electrons. The lowest BCUT2D eigenvalue weighted by atomic mass is 9.70. The van der Waals surface area contributed by atoms with Gasteiger partial charge in [0, 0.05) is 25.8 Å². The second-order valence-electron chi connectivity index (χ2n) is 13.2. The van der Waals surface area contributed by atoms with Gasteiger partial charge in [-0.1, -0.05) is 49.4 Å². The predicted molar refractivity (Wildman–Crippen MR) is 190 cm³/mol. The normalized spacial score (nSPS) is 25.0. The highest BCUT2D eigenvalue weighted by molar-refractivity contribution is 6.05. The van der Waals surface area contributed by atoms with E-state index in [1.54, 1.807) is 67.8 Å². The lowest BCUT2D eigenvalue weighted by molar-refractivity contribution is -0.163. The minimum Gasteiger partial charge on any atom is -0.497 e. The standard InChI is InChI=1S/C39H49N3O9/c1-6-9-15-31(44)40-29(24-48-4)34(25-13-11-10-12-14-25)50-38(47)32-30-20-21-39(51-30)33(32)36(45)42(26(8-3)23-43)35(39)37(46)41(22-7-2)27-16-18-28(49-5)19-17-27/h6-7,10-14,16-19,26,29-30,32-35,43H,1-2,8-9,15,20-24H2,3-5H3,(H,40,44)/t26-,29+,30-,32+,33+,34+,35-,39+/m0/s1. The van der Waals surface area contributed by atoms with E-state index in [0.717, 1.165) is 0 Å². The molecule has 3 saturated heterocycles. The Balaban J connectivity index is 1.51. The van der Waals surface area contributed by atoms with Gasteiger partial charge in [-0.15, -0.1) is 13.2 Å². The Morgan fingerprint density at radius 3 is 2.45 bits per heavy atom. The molecule has 0 unspecified atom stereocenters. The fourth-order valence-corrected chi connectivity index (χ4v) is 7.93. The molecule has 0 aromatic heterocycles. The maximum atomic E-state index is 14.8. The third kappa shape index (κ3) is 7.31. The number of amides is 3. The topological polar surface area (TPSA) is 144 Å². The lowest BCUT2D eigenvalue weighted by Crippen LogP contribution is -2.59. The summed E-state index contributed by atoms with van der Waals surface area (Å²) in [5.74, 6) is -3.20. The third-order valence-corrected chi connectivity index (χ3v) is 10.3. The van der Waals surface area contributed by atoms with Crippen LogP contribution in [0.15, 0.2) is 79.9 Å². The molecule has 2 bridgehead atoms. The van der Waals surface area contributed by atoms with Crippen LogP contribution in [0.4, 0.5) is 5.69 Å². The summed E-state index contributed by atoms with van der Waals surface area (Å²) in [6.07, 6.45) is 3.46. The molecule has 0 radical (unpaired) electrons. The zero-order valence-corrected chi connectivity index (χ0v) is 29.6. The maximum Gasteiger partial charge on any atom is 0.313 e. The molecule has 12 nitrogen and oxygen atoms in total. The van der Waals surface area contributed by atoms with Gasteiger partial charge in [0.1, 0.15) is 23.5 Å². The second-order valence-corrected chi connectivity index (χ2v) is 13.2. The Labute approximate surface area is 299 Å². The van der Waals surface area contributed by atoms with Crippen molar-refractivity contribution in [1.29, 1.82) is 0 Å². The largest absolute Gasteiger partial charge is 0.497 e. The number of hydrogen-bond donors (Lipinski definition) is 2. The minimum atomic E-state index is -1.33. The molecule has 3 amide bonds. The van der Waals surface area contributed by atoms with Gasteiger partial charge in [-0.25, -0.2) is 0 Å². The van der Waals surface area contributed by atoms with Crippen LogP contribution in [0, 0.1) is 11.8 Å². The van der Waals surface area contributed by atoms with Gasteiger partial charge in [-0.3, -0.25) is 19.2 Å². The van der Waals surface area contributed by atoms with Crippen LogP contribution in [0.5, 0.6) is 5.75 Å². The van der Waals surface area contributed by atoms with Gasteiger partial charge in [-0.05, 0) is 55.5 Å². The first-order valence-corrected chi connectivity index (χ1v) is 17.5. The van der Waals surface area contributed by atoms with Crippen LogP contribution in [-0.4, -0.2) is 97.5 Å². The summed E-state index contributed by atoms with van der Waals surface area (Å²) < 4.78 is 23.7. The fraction of sp³-hybridized carbons (Fsp3) is 0.487. The quantitative estimate of drug-likeness (QED) is 0.175. The number of carbonyl (C=O) groups excluding carboxylic acids is 4. The highest BCUT2D eigenvalue weighted by Crippen LogP contribution is 2.59. The van der Waals surface area contributed by atoms with Gasteiger partial charge in [-0.2, -0.15) is 0 Å². The molecule has 2 aromatic carbocycles. The molecule has 12 heteroatoms. The van der Waals surface area contributed by atoms with Crippen molar-refractivity contribution >= 4 is 29.4 Å². The van der Waals surface area contributed by atoms with E-state index in [9.17, 15) is 24.3 Å². The first-order chi connectivity index (χ1) is 24.7. The van der Waals surface area contributed by atoms with Crippen LogP contribution in [-0.2, 0) is 33.4 Å². The maximum absolute atomic E-state index is 14.8. The Morgan fingerprint density at radius 1 is 1.12 bits per heavy atom. The molecule has 3 heterocycles. The van der Waals surface area contributed by atoms with Crippen molar-refractivity contribution in [1.82, 2.24) is 10.2 Å². The van der Waals surface area contributed by atoms with Crippen molar-refractivity contribution in [3.05, 3.63) is 85.5 Å². The minimum absolute atomic E-state index is 0.0487. The molecule has 51 heavy (non-hydrogen) atoms. The monoisotopic (exact) mass is 703 g/mol. The van der Waals surface area contributed by atoms with Crippen molar-refractivity contribution in [2.24, 2.45) is 11.8 Å². The van der Waals surface area contributed by atoms with Gasteiger partial charge in [0.15, 0.2) is 0 Å². The summed E-state index contributed by atoms with van der Waals surface area (Å²) >= 11 is 0. The number of methoxy groups -OCH3 is 2.